The normalized spacial score (nSPS) is 12.4. The van der Waals surface area contributed by atoms with Gasteiger partial charge in [-0.15, -0.1) is 0 Å². The lowest BCUT2D eigenvalue weighted by atomic mass is 9.86. The number of benzene rings is 1. The SMILES string of the molecule is Cc1cc(C(C)(C)C)ccc1NC(=O)C(C)(C)O. The number of hydrogen-bond donors (Lipinski definition) is 2. The van der Waals surface area contributed by atoms with E-state index < -0.39 is 11.5 Å². The van der Waals surface area contributed by atoms with Crippen LogP contribution in [-0.2, 0) is 10.2 Å². The molecule has 0 fully saturated rings. The molecule has 1 aromatic carbocycles. The molecule has 18 heavy (non-hydrogen) atoms. The average molecular weight is 249 g/mol. The molecule has 0 aliphatic rings. The molecule has 3 heteroatoms. The zero-order valence-electron chi connectivity index (χ0n) is 12.1. The van der Waals surface area contributed by atoms with Gasteiger partial charge in [-0.1, -0.05) is 32.9 Å². The third-order valence-electron chi connectivity index (χ3n) is 2.90. The fourth-order valence-corrected chi connectivity index (χ4v) is 1.55. The molecule has 2 N–H and O–H groups in total. The molecule has 0 aliphatic heterocycles. The fraction of sp³-hybridized carbons (Fsp3) is 0.533. The molecule has 1 aromatic rings. The zero-order valence-corrected chi connectivity index (χ0v) is 12.1. The Morgan fingerprint density at radius 1 is 1.17 bits per heavy atom. The Bertz CT molecular complexity index is 451. The standard InChI is InChI=1S/C15H23NO2/c1-10-9-11(14(2,3)4)7-8-12(10)16-13(17)15(5,6)18/h7-9,18H,1-6H3,(H,16,17). The summed E-state index contributed by atoms with van der Waals surface area (Å²) < 4.78 is 0. The number of carbonyl (C=O) groups excluding carboxylic acids is 1. The third kappa shape index (κ3) is 3.57. The van der Waals surface area contributed by atoms with Gasteiger partial charge in [0, 0.05) is 5.69 Å². The smallest absolute Gasteiger partial charge is 0.255 e. The Hall–Kier alpha value is -1.35. The molecule has 1 amide bonds. The molecule has 3 nitrogen and oxygen atoms in total. The molecule has 100 valence electrons. The minimum Gasteiger partial charge on any atom is -0.381 e. The van der Waals surface area contributed by atoms with E-state index in [0.29, 0.717) is 0 Å². The van der Waals surface area contributed by atoms with Crippen LogP contribution in [0.5, 0.6) is 0 Å². The van der Waals surface area contributed by atoms with Gasteiger partial charge < -0.3 is 10.4 Å². The summed E-state index contributed by atoms with van der Waals surface area (Å²) >= 11 is 0. The molecule has 0 saturated heterocycles. The molecule has 0 aliphatic carbocycles. The number of rotatable bonds is 2. The molecule has 0 atom stereocenters. The highest BCUT2D eigenvalue weighted by molar-refractivity contribution is 5.97. The molecule has 0 saturated carbocycles. The number of amides is 1. The first-order chi connectivity index (χ1) is 8.01. The monoisotopic (exact) mass is 249 g/mol. The van der Waals surface area contributed by atoms with Crippen LogP contribution in [0.2, 0.25) is 0 Å². The highest BCUT2D eigenvalue weighted by atomic mass is 16.3. The first-order valence-corrected chi connectivity index (χ1v) is 6.17. The summed E-state index contributed by atoms with van der Waals surface area (Å²) in [5.74, 6) is -0.394. The van der Waals surface area contributed by atoms with E-state index in [0.717, 1.165) is 11.3 Å². The quantitative estimate of drug-likeness (QED) is 0.846. The van der Waals surface area contributed by atoms with E-state index in [4.69, 9.17) is 0 Å². The summed E-state index contributed by atoms with van der Waals surface area (Å²) in [6, 6.07) is 5.96. The van der Waals surface area contributed by atoms with E-state index in [1.54, 1.807) is 0 Å². The maximum absolute atomic E-state index is 11.7. The van der Waals surface area contributed by atoms with Crippen LogP contribution in [0.3, 0.4) is 0 Å². The summed E-state index contributed by atoms with van der Waals surface area (Å²) in [4.78, 5) is 11.7. The second-order valence-electron chi connectivity index (χ2n) is 6.29. The second-order valence-corrected chi connectivity index (χ2v) is 6.29. The Labute approximate surface area is 109 Å². The molecule has 0 aromatic heterocycles. The van der Waals surface area contributed by atoms with Crippen molar-refractivity contribution in [2.75, 3.05) is 5.32 Å². The van der Waals surface area contributed by atoms with Crippen molar-refractivity contribution in [1.29, 1.82) is 0 Å². The van der Waals surface area contributed by atoms with Crippen LogP contribution in [-0.4, -0.2) is 16.6 Å². The minimum atomic E-state index is -1.37. The van der Waals surface area contributed by atoms with Gasteiger partial charge in [0.2, 0.25) is 0 Å². The Morgan fingerprint density at radius 2 is 1.72 bits per heavy atom. The second kappa shape index (κ2) is 4.73. The largest absolute Gasteiger partial charge is 0.381 e. The molecule has 0 spiro atoms. The Morgan fingerprint density at radius 3 is 2.11 bits per heavy atom. The van der Waals surface area contributed by atoms with Crippen LogP contribution in [0.15, 0.2) is 18.2 Å². The zero-order chi connectivity index (χ0) is 14.1. The molecule has 0 radical (unpaired) electrons. The average Bonchev–Trinajstić information content (AvgIpc) is 2.17. The highest BCUT2D eigenvalue weighted by Crippen LogP contribution is 2.26. The number of hydrogen-bond acceptors (Lipinski definition) is 2. The predicted octanol–water partition coefficient (Wildman–Crippen LogP) is 3.00. The topological polar surface area (TPSA) is 49.3 Å². The molecule has 0 heterocycles. The summed E-state index contributed by atoms with van der Waals surface area (Å²) in [6.07, 6.45) is 0. The number of carbonyl (C=O) groups is 1. The van der Waals surface area contributed by atoms with Gasteiger partial charge in [0.05, 0.1) is 0 Å². The molecule has 0 bridgehead atoms. The maximum atomic E-state index is 11.7. The van der Waals surface area contributed by atoms with E-state index in [1.807, 2.05) is 19.1 Å². The first kappa shape index (κ1) is 14.7. The first-order valence-electron chi connectivity index (χ1n) is 6.17. The number of aryl methyl sites for hydroxylation is 1. The van der Waals surface area contributed by atoms with Gasteiger partial charge in [-0.25, -0.2) is 0 Å². The van der Waals surface area contributed by atoms with Crippen molar-refractivity contribution < 1.29 is 9.90 Å². The van der Waals surface area contributed by atoms with Crippen molar-refractivity contribution in [2.45, 2.75) is 52.6 Å². The van der Waals surface area contributed by atoms with Crippen molar-refractivity contribution in [3.05, 3.63) is 29.3 Å². The molecule has 0 unspecified atom stereocenters. The highest BCUT2D eigenvalue weighted by Gasteiger charge is 2.24. The Balaban J connectivity index is 2.98. The van der Waals surface area contributed by atoms with Crippen molar-refractivity contribution in [1.82, 2.24) is 0 Å². The lowest BCUT2D eigenvalue weighted by Crippen LogP contribution is -2.36. The van der Waals surface area contributed by atoms with Crippen LogP contribution in [0, 0.1) is 6.92 Å². The van der Waals surface area contributed by atoms with Crippen molar-refractivity contribution >= 4 is 11.6 Å². The summed E-state index contributed by atoms with van der Waals surface area (Å²) in [7, 11) is 0. The van der Waals surface area contributed by atoms with Gasteiger partial charge in [-0.3, -0.25) is 4.79 Å². The summed E-state index contributed by atoms with van der Waals surface area (Å²) in [5, 5.41) is 12.4. The van der Waals surface area contributed by atoms with Crippen LogP contribution in [0.25, 0.3) is 0 Å². The Kier molecular flexibility index (Phi) is 3.86. The number of aliphatic hydroxyl groups is 1. The van der Waals surface area contributed by atoms with Crippen LogP contribution < -0.4 is 5.32 Å². The summed E-state index contributed by atoms with van der Waals surface area (Å²) in [5.41, 5.74) is 1.69. The van der Waals surface area contributed by atoms with Crippen LogP contribution >= 0.6 is 0 Å². The van der Waals surface area contributed by atoms with E-state index in [9.17, 15) is 9.90 Å². The van der Waals surface area contributed by atoms with Gasteiger partial charge in [0.25, 0.3) is 5.91 Å². The third-order valence-corrected chi connectivity index (χ3v) is 2.90. The fourth-order valence-electron chi connectivity index (χ4n) is 1.55. The van der Waals surface area contributed by atoms with Gasteiger partial charge in [-0.05, 0) is 43.4 Å². The van der Waals surface area contributed by atoms with Crippen molar-refractivity contribution in [3.8, 4) is 0 Å². The number of nitrogens with one attached hydrogen (secondary N) is 1. The maximum Gasteiger partial charge on any atom is 0.255 e. The lowest BCUT2D eigenvalue weighted by molar-refractivity contribution is -0.130. The molecule has 1 rings (SSSR count). The van der Waals surface area contributed by atoms with E-state index in [1.165, 1.54) is 19.4 Å². The van der Waals surface area contributed by atoms with E-state index in [-0.39, 0.29) is 5.41 Å². The van der Waals surface area contributed by atoms with Gasteiger partial charge in [-0.2, -0.15) is 0 Å². The van der Waals surface area contributed by atoms with Gasteiger partial charge in [0.1, 0.15) is 5.60 Å². The van der Waals surface area contributed by atoms with Crippen LogP contribution in [0.4, 0.5) is 5.69 Å². The van der Waals surface area contributed by atoms with E-state index >= 15 is 0 Å². The predicted molar refractivity (Wildman–Crippen MR) is 74.8 cm³/mol. The number of anilines is 1. The van der Waals surface area contributed by atoms with Crippen molar-refractivity contribution in [3.63, 3.8) is 0 Å². The summed E-state index contributed by atoms with van der Waals surface area (Å²) in [6.45, 7) is 11.3. The van der Waals surface area contributed by atoms with Gasteiger partial charge >= 0.3 is 0 Å². The van der Waals surface area contributed by atoms with Crippen molar-refractivity contribution in [2.24, 2.45) is 0 Å². The van der Waals surface area contributed by atoms with E-state index in [2.05, 4.69) is 32.2 Å². The molecular formula is C15H23NO2. The lowest BCUT2D eigenvalue weighted by Gasteiger charge is -2.22. The van der Waals surface area contributed by atoms with Gasteiger partial charge in [0.15, 0.2) is 0 Å². The minimum absolute atomic E-state index is 0.0869. The van der Waals surface area contributed by atoms with Crippen LogP contribution in [0.1, 0.15) is 45.7 Å². The molecular weight excluding hydrogens is 226 g/mol.